The van der Waals surface area contributed by atoms with Gasteiger partial charge in [-0.1, -0.05) is 0 Å². The summed E-state index contributed by atoms with van der Waals surface area (Å²) >= 11 is 0. The maximum atomic E-state index is 11.7. The van der Waals surface area contributed by atoms with Crippen LogP contribution in [0.4, 0.5) is 0 Å². The van der Waals surface area contributed by atoms with Crippen LogP contribution in [0, 0.1) is 0 Å². The van der Waals surface area contributed by atoms with E-state index in [1.54, 1.807) is 0 Å². The van der Waals surface area contributed by atoms with Crippen molar-refractivity contribution in [2.45, 2.75) is 24.6 Å². The molecule has 1 aromatic carbocycles. The van der Waals surface area contributed by atoms with E-state index >= 15 is 0 Å². The molecule has 6 N–H and O–H groups in total. The third-order valence-electron chi connectivity index (χ3n) is 4.74. The van der Waals surface area contributed by atoms with Gasteiger partial charge >= 0.3 is 0 Å². The first-order chi connectivity index (χ1) is 14.2. The fraction of sp³-hybridized carbons (Fsp3) is 0.250. The van der Waals surface area contributed by atoms with E-state index in [2.05, 4.69) is 0 Å². The lowest BCUT2D eigenvalue weighted by Gasteiger charge is -2.35. The van der Waals surface area contributed by atoms with Crippen molar-refractivity contribution in [1.29, 1.82) is 0 Å². The molecule has 1 aliphatic carbocycles. The maximum absolute atomic E-state index is 11.7. The van der Waals surface area contributed by atoms with E-state index in [0.717, 1.165) is 12.1 Å². The molecule has 4 atom stereocenters. The molecular weight excluding hydrogens is 436 g/mol. The second kappa shape index (κ2) is 8.61. The van der Waals surface area contributed by atoms with Crippen LogP contribution in [0.1, 0.15) is 0 Å². The molecule has 2 aliphatic heterocycles. The summed E-state index contributed by atoms with van der Waals surface area (Å²) in [6.07, 6.45) is -5.79. The number of hydrogen-bond donors (Lipinski definition) is 6. The molecule has 2 heterocycles. The molecule has 3 aliphatic rings. The standard InChI is InChI=1S/C20H18O10.ClH/c21-9-4-12(23)10-6-16(30-20-18(27)17(26)14(25)7-28-20)19(29-15(10)5-9)8-1-2-11(22)13(24)3-8;/h1-6,14,17-18,20,22-27H,7H2;1H/t14-,17+,18?,20?;/m1./s1. The van der Waals surface area contributed by atoms with Gasteiger partial charge in [0.1, 0.15) is 29.8 Å². The van der Waals surface area contributed by atoms with Gasteiger partial charge in [0.05, 0.1) is 12.2 Å². The molecule has 1 aromatic rings. The number of fused-ring (bicyclic) bond motifs is 1. The number of phenolic OH excluding ortho intramolecular Hbond substituents is 3. The SMILES string of the molecule is Cl.O=c1cc2oc(-c3ccc(O)c(O)c3)c(OC3OC[C@@H](O)[C@H](O)C3O)cc-2c(O)c1. The molecule has 1 fully saturated rings. The third kappa shape index (κ3) is 4.24. The summed E-state index contributed by atoms with van der Waals surface area (Å²) in [7, 11) is 0. The fourth-order valence-electron chi connectivity index (χ4n) is 3.14. The van der Waals surface area contributed by atoms with E-state index in [1.165, 1.54) is 24.3 Å². The van der Waals surface area contributed by atoms with Crippen LogP contribution in [0.3, 0.4) is 0 Å². The summed E-state index contributed by atoms with van der Waals surface area (Å²) in [5.41, 5.74) is -0.133. The van der Waals surface area contributed by atoms with Crippen molar-refractivity contribution in [3.8, 4) is 45.6 Å². The van der Waals surface area contributed by atoms with E-state index in [0.29, 0.717) is 0 Å². The zero-order valence-corrected chi connectivity index (χ0v) is 16.5. The Morgan fingerprint density at radius 1 is 0.903 bits per heavy atom. The Balaban J connectivity index is 0.00000272. The van der Waals surface area contributed by atoms with Gasteiger partial charge in [0.15, 0.2) is 28.4 Å². The topological polar surface area (TPSA) is 170 Å². The summed E-state index contributed by atoms with van der Waals surface area (Å²) in [6, 6.07) is 7.27. The Kier molecular flexibility index (Phi) is 6.30. The predicted octanol–water partition coefficient (Wildman–Crippen LogP) is 0.768. The molecule has 2 unspecified atom stereocenters. The maximum Gasteiger partial charge on any atom is 0.229 e. The number of halogens is 1. The molecule has 0 spiro atoms. The highest BCUT2D eigenvalue weighted by Crippen LogP contribution is 2.42. The van der Waals surface area contributed by atoms with Gasteiger partial charge in [0.2, 0.25) is 6.29 Å². The minimum Gasteiger partial charge on any atom is -0.507 e. The Morgan fingerprint density at radius 2 is 1.65 bits per heavy atom. The average Bonchev–Trinajstić information content (AvgIpc) is 2.70. The molecule has 11 heteroatoms. The number of aromatic hydroxyl groups is 3. The smallest absolute Gasteiger partial charge is 0.229 e. The van der Waals surface area contributed by atoms with Crippen LogP contribution in [0.15, 0.2) is 45.6 Å². The highest BCUT2D eigenvalue weighted by Gasteiger charge is 2.39. The van der Waals surface area contributed by atoms with Gasteiger partial charge in [-0.3, -0.25) is 4.79 Å². The van der Waals surface area contributed by atoms with Crippen LogP contribution >= 0.6 is 12.4 Å². The van der Waals surface area contributed by atoms with Crippen molar-refractivity contribution >= 4 is 12.4 Å². The van der Waals surface area contributed by atoms with Gasteiger partial charge in [-0.05, 0) is 24.3 Å². The molecule has 0 saturated carbocycles. The van der Waals surface area contributed by atoms with Gasteiger partial charge < -0.3 is 44.5 Å². The lowest BCUT2D eigenvalue weighted by atomic mass is 10.0. The van der Waals surface area contributed by atoms with Crippen LogP contribution in [0.25, 0.3) is 22.6 Å². The minimum absolute atomic E-state index is 0. The second-order valence-electron chi connectivity index (χ2n) is 6.87. The molecule has 0 bridgehead atoms. The van der Waals surface area contributed by atoms with Crippen molar-refractivity contribution in [2.24, 2.45) is 0 Å². The monoisotopic (exact) mass is 454 g/mol. The summed E-state index contributed by atoms with van der Waals surface area (Å²) in [6.45, 7) is -0.298. The third-order valence-corrected chi connectivity index (χ3v) is 4.74. The zero-order chi connectivity index (χ0) is 21.6. The first-order valence-corrected chi connectivity index (χ1v) is 8.90. The zero-order valence-electron chi connectivity index (χ0n) is 15.7. The molecule has 31 heavy (non-hydrogen) atoms. The van der Waals surface area contributed by atoms with Crippen LogP contribution in [-0.4, -0.2) is 61.8 Å². The van der Waals surface area contributed by atoms with E-state index < -0.39 is 35.8 Å². The molecule has 166 valence electrons. The summed E-state index contributed by atoms with van der Waals surface area (Å²) in [4.78, 5) is 11.7. The van der Waals surface area contributed by atoms with Crippen LogP contribution in [0.5, 0.6) is 23.0 Å². The Bertz CT molecular complexity index is 1110. The van der Waals surface area contributed by atoms with Crippen molar-refractivity contribution < 1.29 is 44.5 Å². The first-order valence-electron chi connectivity index (χ1n) is 8.90. The van der Waals surface area contributed by atoms with Gasteiger partial charge in [-0.2, -0.15) is 0 Å². The van der Waals surface area contributed by atoms with Crippen LogP contribution < -0.4 is 10.2 Å². The Hall–Kier alpha value is -3.02. The van der Waals surface area contributed by atoms with Crippen LogP contribution in [0.2, 0.25) is 0 Å². The second-order valence-corrected chi connectivity index (χ2v) is 6.87. The number of ether oxygens (including phenoxy) is 2. The highest BCUT2D eigenvalue weighted by atomic mass is 35.5. The average molecular weight is 455 g/mol. The first kappa shape index (κ1) is 22.7. The van der Waals surface area contributed by atoms with Crippen molar-refractivity contribution in [3.05, 3.63) is 46.6 Å². The van der Waals surface area contributed by atoms with Crippen LogP contribution in [-0.2, 0) is 4.74 Å². The minimum atomic E-state index is -1.59. The number of phenols is 3. The number of hydrogen-bond acceptors (Lipinski definition) is 10. The normalized spacial score (nSPS) is 23.3. The van der Waals surface area contributed by atoms with E-state index in [1.807, 2.05) is 0 Å². The largest absolute Gasteiger partial charge is 0.507 e. The molecule has 0 radical (unpaired) electrons. The Morgan fingerprint density at radius 3 is 2.35 bits per heavy atom. The van der Waals surface area contributed by atoms with E-state index in [4.69, 9.17) is 13.9 Å². The molecular formula is C20H19ClO10. The molecule has 4 rings (SSSR count). The van der Waals surface area contributed by atoms with E-state index in [9.17, 15) is 35.4 Å². The lowest BCUT2D eigenvalue weighted by molar-refractivity contribution is -0.242. The quantitative estimate of drug-likeness (QED) is 0.310. The number of benzene rings is 2. The number of rotatable bonds is 3. The molecule has 10 nitrogen and oxygen atoms in total. The lowest BCUT2D eigenvalue weighted by Crippen LogP contribution is -2.54. The Labute approximate surface area is 180 Å². The molecule has 1 saturated heterocycles. The van der Waals surface area contributed by atoms with Crippen molar-refractivity contribution in [1.82, 2.24) is 0 Å². The predicted molar refractivity (Wildman–Crippen MR) is 108 cm³/mol. The fourth-order valence-corrected chi connectivity index (χ4v) is 3.14. The highest BCUT2D eigenvalue weighted by molar-refractivity contribution is 5.85. The summed E-state index contributed by atoms with van der Waals surface area (Å²) in [5.74, 6) is -1.23. The number of aliphatic hydroxyl groups is 3. The molecule has 0 amide bonds. The van der Waals surface area contributed by atoms with Gasteiger partial charge in [-0.25, -0.2) is 0 Å². The molecule has 0 aromatic heterocycles. The van der Waals surface area contributed by atoms with Gasteiger partial charge in [0.25, 0.3) is 0 Å². The van der Waals surface area contributed by atoms with Crippen molar-refractivity contribution in [2.75, 3.05) is 6.61 Å². The van der Waals surface area contributed by atoms with E-state index in [-0.39, 0.29) is 58.9 Å². The van der Waals surface area contributed by atoms with Gasteiger partial charge in [-0.15, -0.1) is 12.4 Å². The van der Waals surface area contributed by atoms with Gasteiger partial charge in [0, 0.05) is 17.7 Å². The summed E-state index contributed by atoms with van der Waals surface area (Å²) < 4.78 is 16.6. The van der Waals surface area contributed by atoms with Crippen molar-refractivity contribution in [3.63, 3.8) is 0 Å². The number of aliphatic hydroxyl groups excluding tert-OH is 3. The summed E-state index contributed by atoms with van der Waals surface area (Å²) in [5, 5.41) is 59.1.